The lowest BCUT2D eigenvalue weighted by molar-refractivity contribution is -0.384. The first-order chi connectivity index (χ1) is 7.06. The van der Waals surface area contributed by atoms with Gasteiger partial charge in [0.15, 0.2) is 0 Å². The van der Waals surface area contributed by atoms with Gasteiger partial charge >= 0.3 is 0 Å². The first-order valence-electron chi connectivity index (χ1n) is 4.19. The average Bonchev–Trinajstić information content (AvgIpc) is 2.18. The molecule has 0 aliphatic carbocycles. The molecule has 0 unspecified atom stereocenters. The lowest BCUT2D eigenvalue weighted by Gasteiger charge is -2.12. The number of anilines is 1. The molecule has 1 aromatic rings. The number of hydrogen-bond donors (Lipinski definition) is 1. The summed E-state index contributed by atoms with van der Waals surface area (Å²) in [6.45, 7) is 0. The minimum absolute atomic E-state index is 0.0843. The Morgan fingerprint density at radius 2 is 2.20 bits per heavy atom. The van der Waals surface area contributed by atoms with E-state index < -0.39 is 4.92 Å². The molecular formula is C9H11N3O3. The van der Waals surface area contributed by atoms with Gasteiger partial charge in [-0.1, -0.05) is 5.16 Å². The maximum Gasteiger partial charge on any atom is 0.280 e. The molecule has 0 fully saturated rings. The molecule has 0 saturated carbocycles. The Hall–Kier alpha value is -2.11. The summed E-state index contributed by atoms with van der Waals surface area (Å²) in [4.78, 5) is 12.0. The van der Waals surface area contributed by atoms with Crippen LogP contribution in [-0.4, -0.2) is 30.4 Å². The molecule has 15 heavy (non-hydrogen) atoms. The number of rotatable bonds is 3. The Kier molecular flexibility index (Phi) is 3.22. The molecule has 6 heteroatoms. The maximum atomic E-state index is 10.7. The van der Waals surface area contributed by atoms with Crippen molar-refractivity contribution < 1.29 is 10.1 Å². The van der Waals surface area contributed by atoms with Gasteiger partial charge in [-0.3, -0.25) is 10.1 Å². The number of nitro groups is 1. The van der Waals surface area contributed by atoms with Crippen molar-refractivity contribution in [2.75, 3.05) is 19.0 Å². The zero-order valence-corrected chi connectivity index (χ0v) is 8.41. The number of nitro benzene ring substituents is 1. The molecule has 0 aliphatic heterocycles. The molecule has 0 aliphatic rings. The first kappa shape index (κ1) is 11.0. The van der Waals surface area contributed by atoms with Crippen LogP contribution in [0.15, 0.2) is 23.4 Å². The van der Waals surface area contributed by atoms with Crippen LogP contribution in [0.1, 0.15) is 5.56 Å². The second-order valence-corrected chi connectivity index (χ2v) is 3.14. The van der Waals surface area contributed by atoms with Gasteiger partial charge in [0.05, 0.1) is 16.7 Å². The Labute approximate surface area is 86.6 Å². The van der Waals surface area contributed by atoms with E-state index in [2.05, 4.69) is 5.16 Å². The molecule has 6 nitrogen and oxygen atoms in total. The fourth-order valence-corrected chi connectivity index (χ4v) is 1.14. The standard InChI is InChI=1S/C9H11N3O3/c1-11(2)8-4-3-7(6-10-13)9(5-8)12(14)15/h3-6,13H,1-2H3. The molecule has 1 aromatic carbocycles. The molecule has 0 atom stereocenters. The third-order valence-electron chi connectivity index (χ3n) is 1.92. The van der Waals surface area contributed by atoms with E-state index >= 15 is 0 Å². The van der Waals surface area contributed by atoms with Gasteiger partial charge in [-0.05, 0) is 12.1 Å². The van der Waals surface area contributed by atoms with E-state index in [-0.39, 0.29) is 11.3 Å². The summed E-state index contributed by atoms with van der Waals surface area (Å²) < 4.78 is 0. The molecule has 0 aromatic heterocycles. The quantitative estimate of drug-likeness (QED) is 0.354. The van der Waals surface area contributed by atoms with Crippen LogP contribution in [0.3, 0.4) is 0 Å². The van der Waals surface area contributed by atoms with E-state index in [1.807, 2.05) is 0 Å². The average molecular weight is 209 g/mol. The molecule has 0 amide bonds. The molecule has 0 saturated heterocycles. The fourth-order valence-electron chi connectivity index (χ4n) is 1.14. The Morgan fingerprint density at radius 3 is 2.67 bits per heavy atom. The summed E-state index contributed by atoms with van der Waals surface area (Å²) in [5, 5.41) is 21.8. The Bertz CT molecular complexity index is 402. The topological polar surface area (TPSA) is 79.0 Å². The molecule has 0 spiro atoms. The van der Waals surface area contributed by atoms with E-state index in [1.54, 1.807) is 25.1 Å². The Balaban J connectivity index is 3.27. The molecule has 0 radical (unpaired) electrons. The van der Waals surface area contributed by atoms with E-state index in [0.29, 0.717) is 0 Å². The van der Waals surface area contributed by atoms with Gasteiger partial charge < -0.3 is 10.1 Å². The van der Waals surface area contributed by atoms with Crippen LogP contribution in [0.25, 0.3) is 0 Å². The Morgan fingerprint density at radius 1 is 1.53 bits per heavy atom. The van der Waals surface area contributed by atoms with Gasteiger partial charge in [0.2, 0.25) is 0 Å². The normalized spacial score (nSPS) is 10.5. The highest BCUT2D eigenvalue weighted by molar-refractivity contribution is 5.86. The molecular weight excluding hydrogens is 198 g/mol. The van der Waals surface area contributed by atoms with Gasteiger partial charge in [-0.25, -0.2) is 0 Å². The molecule has 80 valence electrons. The van der Waals surface area contributed by atoms with Crippen LogP contribution in [0.4, 0.5) is 11.4 Å². The van der Waals surface area contributed by atoms with Gasteiger partial charge in [0.25, 0.3) is 5.69 Å². The van der Waals surface area contributed by atoms with Crippen molar-refractivity contribution in [1.29, 1.82) is 0 Å². The lowest BCUT2D eigenvalue weighted by Crippen LogP contribution is -2.09. The number of nitrogens with zero attached hydrogens (tertiary/aromatic N) is 3. The number of hydrogen-bond acceptors (Lipinski definition) is 5. The van der Waals surface area contributed by atoms with Crippen LogP contribution in [0.2, 0.25) is 0 Å². The van der Waals surface area contributed by atoms with Crippen molar-refractivity contribution in [2.45, 2.75) is 0 Å². The van der Waals surface area contributed by atoms with Crippen molar-refractivity contribution in [1.82, 2.24) is 0 Å². The fraction of sp³-hybridized carbons (Fsp3) is 0.222. The SMILES string of the molecule is CN(C)c1ccc(C=NO)c([N+](=O)[O-])c1. The van der Waals surface area contributed by atoms with Gasteiger partial charge in [-0.2, -0.15) is 0 Å². The largest absolute Gasteiger partial charge is 0.411 e. The summed E-state index contributed by atoms with van der Waals surface area (Å²) in [5.41, 5.74) is 0.906. The molecule has 0 bridgehead atoms. The van der Waals surface area contributed by atoms with Gasteiger partial charge in [0.1, 0.15) is 0 Å². The first-order valence-corrected chi connectivity index (χ1v) is 4.19. The van der Waals surface area contributed by atoms with Crippen LogP contribution in [-0.2, 0) is 0 Å². The van der Waals surface area contributed by atoms with Crippen molar-refractivity contribution in [2.24, 2.45) is 5.16 Å². The smallest absolute Gasteiger partial charge is 0.280 e. The second kappa shape index (κ2) is 4.41. The maximum absolute atomic E-state index is 10.7. The van der Waals surface area contributed by atoms with Crippen molar-refractivity contribution in [3.8, 4) is 0 Å². The van der Waals surface area contributed by atoms with E-state index in [9.17, 15) is 10.1 Å². The summed E-state index contributed by atoms with van der Waals surface area (Å²) in [6, 6.07) is 4.67. The predicted octanol–water partition coefficient (Wildman–Crippen LogP) is 1.47. The van der Waals surface area contributed by atoms with Crippen molar-refractivity contribution >= 4 is 17.6 Å². The van der Waals surface area contributed by atoms with Crippen LogP contribution in [0.5, 0.6) is 0 Å². The molecule has 0 heterocycles. The number of oxime groups is 1. The zero-order valence-electron chi connectivity index (χ0n) is 8.41. The second-order valence-electron chi connectivity index (χ2n) is 3.14. The lowest BCUT2D eigenvalue weighted by atomic mass is 10.1. The third kappa shape index (κ3) is 2.43. The predicted molar refractivity (Wildman–Crippen MR) is 56.8 cm³/mol. The molecule has 1 N–H and O–H groups in total. The van der Waals surface area contributed by atoms with Crippen LogP contribution >= 0.6 is 0 Å². The zero-order chi connectivity index (χ0) is 11.4. The van der Waals surface area contributed by atoms with E-state index in [0.717, 1.165) is 11.9 Å². The van der Waals surface area contributed by atoms with Gasteiger partial charge in [0, 0.05) is 25.8 Å². The summed E-state index contributed by atoms with van der Waals surface area (Å²) >= 11 is 0. The summed E-state index contributed by atoms with van der Waals surface area (Å²) in [6.07, 6.45) is 1.04. The van der Waals surface area contributed by atoms with Crippen LogP contribution in [0, 0.1) is 10.1 Å². The third-order valence-corrected chi connectivity index (χ3v) is 1.92. The van der Waals surface area contributed by atoms with E-state index in [1.165, 1.54) is 12.1 Å². The van der Waals surface area contributed by atoms with Crippen LogP contribution < -0.4 is 4.90 Å². The highest BCUT2D eigenvalue weighted by Crippen LogP contribution is 2.23. The molecule has 1 rings (SSSR count). The van der Waals surface area contributed by atoms with Crippen molar-refractivity contribution in [3.05, 3.63) is 33.9 Å². The van der Waals surface area contributed by atoms with E-state index in [4.69, 9.17) is 5.21 Å². The highest BCUT2D eigenvalue weighted by atomic mass is 16.6. The van der Waals surface area contributed by atoms with Crippen molar-refractivity contribution in [3.63, 3.8) is 0 Å². The number of benzene rings is 1. The summed E-state index contributed by atoms with van der Waals surface area (Å²) in [5.74, 6) is 0. The minimum atomic E-state index is -0.510. The minimum Gasteiger partial charge on any atom is -0.411 e. The van der Waals surface area contributed by atoms with Gasteiger partial charge in [-0.15, -0.1) is 0 Å². The highest BCUT2D eigenvalue weighted by Gasteiger charge is 2.13. The summed E-state index contributed by atoms with van der Waals surface area (Å²) in [7, 11) is 3.58. The monoisotopic (exact) mass is 209 g/mol.